The second-order valence-electron chi connectivity index (χ2n) is 2.30. The maximum atomic E-state index is 8.35. The Morgan fingerprint density at radius 3 is 2.62 bits per heavy atom. The maximum Gasteiger partial charge on any atom is 0.0612 e. The summed E-state index contributed by atoms with van der Waals surface area (Å²) in [6.45, 7) is 0.205. The number of aliphatic hydroxyl groups is 1. The van der Waals surface area contributed by atoms with E-state index in [2.05, 4.69) is 6.08 Å². The predicted molar refractivity (Wildman–Crippen MR) is 33.6 cm³/mol. The second-order valence-corrected chi connectivity index (χ2v) is 2.30. The van der Waals surface area contributed by atoms with Gasteiger partial charge in [-0.2, -0.15) is 0 Å². The molecule has 1 aliphatic rings. The fourth-order valence-corrected chi connectivity index (χ4v) is 0.886. The number of aliphatic hydroxyl groups excluding tert-OH is 1. The van der Waals surface area contributed by atoms with Crippen LogP contribution in [-0.4, -0.2) is 11.7 Å². The van der Waals surface area contributed by atoms with Crippen LogP contribution in [0, 0.1) is 5.92 Å². The Morgan fingerprint density at radius 1 is 1.50 bits per heavy atom. The van der Waals surface area contributed by atoms with Crippen molar-refractivity contribution in [3.8, 4) is 0 Å². The van der Waals surface area contributed by atoms with E-state index in [0.717, 1.165) is 5.92 Å². The highest BCUT2D eigenvalue weighted by Crippen LogP contribution is 2.26. The van der Waals surface area contributed by atoms with Crippen LogP contribution in [0.4, 0.5) is 0 Å². The number of rotatable bonds is 2. The summed E-state index contributed by atoms with van der Waals surface area (Å²) in [7, 11) is 0. The van der Waals surface area contributed by atoms with E-state index < -0.39 is 0 Å². The van der Waals surface area contributed by atoms with Gasteiger partial charge in [0.1, 0.15) is 0 Å². The van der Waals surface area contributed by atoms with Gasteiger partial charge in [0, 0.05) is 0 Å². The highest BCUT2D eigenvalue weighted by atomic mass is 16.2. The minimum atomic E-state index is 0.205. The van der Waals surface area contributed by atoms with Crippen molar-refractivity contribution in [2.45, 2.75) is 19.3 Å². The average Bonchev–Trinajstić information content (AvgIpc) is 1.63. The minimum Gasteiger partial charge on any atom is -0.392 e. The summed E-state index contributed by atoms with van der Waals surface area (Å²) < 4.78 is 0. The summed E-state index contributed by atoms with van der Waals surface area (Å²) in [4.78, 5) is 0. The van der Waals surface area contributed by atoms with E-state index in [1.54, 1.807) is 0 Å². The van der Waals surface area contributed by atoms with Gasteiger partial charge in [0.15, 0.2) is 0 Å². The molecule has 1 N–H and O–H groups in total. The molecule has 0 unspecified atom stereocenters. The molecule has 0 bridgehead atoms. The molecule has 0 aliphatic heterocycles. The zero-order valence-corrected chi connectivity index (χ0v) is 5.01. The first-order valence-electron chi connectivity index (χ1n) is 3.21. The zero-order chi connectivity index (χ0) is 5.82. The van der Waals surface area contributed by atoms with Gasteiger partial charge in [-0.25, -0.2) is 0 Å². The van der Waals surface area contributed by atoms with Crippen molar-refractivity contribution < 1.29 is 5.11 Å². The summed E-state index contributed by atoms with van der Waals surface area (Å²) in [5.74, 6) is 0.794. The van der Waals surface area contributed by atoms with Crippen LogP contribution in [-0.2, 0) is 0 Å². The van der Waals surface area contributed by atoms with Gasteiger partial charge in [0.2, 0.25) is 0 Å². The third kappa shape index (κ3) is 1.34. The number of hydrogen-bond donors (Lipinski definition) is 1. The molecule has 0 radical (unpaired) electrons. The third-order valence-electron chi connectivity index (χ3n) is 1.66. The van der Waals surface area contributed by atoms with Gasteiger partial charge in [-0.05, 0) is 18.8 Å². The maximum absolute atomic E-state index is 8.35. The lowest BCUT2D eigenvalue weighted by molar-refractivity contribution is 0.337. The number of hydrogen-bond acceptors (Lipinski definition) is 1. The first-order valence-corrected chi connectivity index (χ1v) is 3.21. The number of allylic oxidation sites excluding steroid dienone is 1. The van der Waals surface area contributed by atoms with Crippen LogP contribution in [0.5, 0.6) is 0 Å². The molecule has 1 saturated carbocycles. The van der Waals surface area contributed by atoms with Crippen LogP contribution >= 0.6 is 0 Å². The lowest BCUT2D eigenvalue weighted by atomic mass is 9.85. The lowest BCUT2D eigenvalue weighted by Crippen LogP contribution is -2.06. The average molecular weight is 112 g/mol. The normalized spacial score (nSPS) is 21.6. The minimum absolute atomic E-state index is 0.205. The summed E-state index contributed by atoms with van der Waals surface area (Å²) in [6, 6.07) is 0. The molecule has 0 spiro atoms. The quantitative estimate of drug-likeness (QED) is 0.534. The molecule has 1 nitrogen and oxygen atoms in total. The molecular formula is C7H12O. The summed E-state index contributed by atoms with van der Waals surface area (Å²) in [6.07, 6.45) is 7.99. The molecule has 0 aromatic rings. The fourth-order valence-electron chi connectivity index (χ4n) is 0.886. The molecule has 0 atom stereocenters. The first-order chi connectivity index (χ1) is 3.93. The van der Waals surface area contributed by atoms with Crippen LogP contribution in [0.15, 0.2) is 12.2 Å². The topological polar surface area (TPSA) is 20.2 Å². The van der Waals surface area contributed by atoms with Crippen LogP contribution in [0.3, 0.4) is 0 Å². The van der Waals surface area contributed by atoms with Crippen LogP contribution < -0.4 is 0 Å². The van der Waals surface area contributed by atoms with Gasteiger partial charge in [0.05, 0.1) is 6.61 Å². The summed E-state index contributed by atoms with van der Waals surface area (Å²) >= 11 is 0. The summed E-state index contributed by atoms with van der Waals surface area (Å²) in [5.41, 5.74) is 0. The van der Waals surface area contributed by atoms with Gasteiger partial charge in [-0.15, -0.1) is 0 Å². The van der Waals surface area contributed by atoms with E-state index in [1.165, 1.54) is 19.3 Å². The van der Waals surface area contributed by atoms with E-state index in [-0.39, 0.29) is 6.61 Å². The van der Waals surface area contributed by atoms with Gasteiger partial charge in [0.25, 0.3) is 0 Å². The van der Waals surface area contributed by atoms with Crippen LogP contribution in [0.1, 0.15) is 19.3 Å². The Labute approximate surface area is 50.0 Å². The Hall–Kier alpha value is -0.300. The van der Waals surface area contributed by atoms with Crippen molar-refractivity contribution in [1.29, 1.82) is 0 Å². The molecule has 1 aliphatic carbocycles. The van der Waals surface area contributed by atoms with Crippen molar-refractivity contribution in [3.05, 3.63) is 12.2 Å². The summed E-state index contributed by atoms with van der Waals surface area (Å²) in [5, 5.41) is 8.35. The van der Waals surface area contributed by atoms with E-state index in [9.17, 15) is 0 Å². The van der Waals surface area contributed by atoms with Gasteiger partial charge >= 0.3 is 0 Å². The molecule has 0 saturated heterocycles. The van der Waals surface area contributed by atoms with Crippen molar-refractivity contribution in [1.82, 2.24) is 0 Å². The molecule has 0 aromatic heterocycles. The highest BCUT2D eigenvalue weighted by molar-refractivity contribution is 4.91. The zero-order valence-electron chi connectivity index (χ0n) is 5.01. The van der Waals surface area contributed by atoms with Crippen molar-refractivity contribution in [3.63, 3.8) is 0 Å². The predicted octanol–water partition coefficient (Wildman–Crippen LogP) is 1.33. The first kappa shape index (κ1) is 5.83. The largest absolute Gasteiger partial charge is 0.392 e. The van der Waals surface area contributed by atoms with Crippen molar-refractivity contribution >= 4 is 0 Å². The fraction of sp³-hybridized carbons (Fsp3) is 0.714. The van der Waals surface area contributed by atoms with Crippen molar-refractivity contribution in [2.75, 3.05) is 6.61 Å². The van der Waals surface area contributed by atoms with Gasteiger partial charge in [-0.1, -0.05) is 18.6 Å². The Morgan fingerprint density at radius 2 is 2.25 bits per heavy atom. The Kier molecular flexibility index (Phi) is 2.10. The highest BCUT2D eigenvalue weighted by Gasteiger charge is 2.12. The molecule has 0 aromatic carbocycles. The molecule has 1 rings (SSSR count). The second kappa shape index (κ2) is 2.88. The molecule has 0 amide bonds. The Bertz CT molecular complexity index is 82.4. The molecular weight excluding hydrogens is 100 g/mol. The standard InChI is InChI=1S/C7H12O/c8-6-2-5-7-3-1-4-7/h2,5,7-8H,1,3-4,6H2/b5-2+. The molecule has 46 valence electrons. The third-order valence-corrected chi connectivity index (χ3v) is 1.66. The van der Waals surface area contributed by atoms with Crippen LogP contribution in [0.25, 0.3) is 0 Å². The van der Waals surface area contributed by atoms with E-state index >= 15 is 0 Å². The van der Waals surface area contributed by atoms with E-state index in [1.807, 2.05) is 6.08 Å². The molecule has 8 heavy (non-hydrogen) atoms. The van der Waals surface area contributed by atoms with Crippen molar-refractivity contribution in [2.24, 2.45) is 5.92 Å². The molecule has 0 heterocycles. The van der Waals surface area contributed by atoms with Crippen LogP contribution in [0.2, 0.25) is 0 Å². The monoisotopic (exact) mass is 112 g/mol. The SMILES string of the molecule is OC/C=C/C1CCC1. The van der Waals surface area contributed by atoms with Gasteiger partial charge < -0.3 is 5.11 Å². The molecule has 1 fully saturated rings. The molecule has 1 heteroatoms. The lowest BCUT2D eigenvalue weighted by Gasteiger charge is -2.20. The smallest absolute Gasteiger partial charge is 0.0612 e. The Balaban J connectivity index is 2.08. The van der Waals surface area contributed by atoms with Gasteiger partial charge in [-0.3, -0.25) is 0 Å². The van der Waals surface area contributed by atoms with E-state index in [4.69, 9.17) is 5.11 Å². The van der Waals surface area contributed by atoms with E-state index in [0.29, 0.717) is 0 Å².